The summed E-state index contributed by atoms with van der Waals surface area (Å²) in [4.78, 5) is 15.6. The second kappa shape index (κ2) is 6.34. The summed E-state index contributed by atoms with van der Waals surface area (Å²) in [7, 11) is -0.830. The Kier molecular flexibility index (Phi) is 5.09. The van der Waals surface area contributed by atoms with Crippen molar-refractivity contribution in [2.45, 2.75) is 19.4 Å². The summed E-state index contributed by atoms with van der Waals surface area (Å²) in [6, 6.07) is 3.12. The van der Waals surface area contributed by atoms with Crippen molar-refractivity contribution in [2.24, 2.45) is 0 Å². The quantitative estimate of drug-likeness (QED) is 0.804. The lowest BCUT2D eigenvalue weighted by molar-refractivity contribution is 0.0939. The Morgan fingerprint density at radius 2 is 2.35 bits per heavy atom. The second-order valence-electron chi connectivity index (χ2n) is 3.91. The smallest absolute Gasteiger partial charge is 0.251 e. The number of carbonyl (C=O) groups is 1. The van der Waals surface area contributed by atoms with Crippen molar-refractivity contribution in [3.05, 3.63) is 23.9 Å². The van der Waals surface area contributed by atoms with Crippen molar-refractivity contribution >= 4 is 22.5 Å². The largest absolute Gasteiger partial charge is 0.384 e. The third-order valence-electron chi connectivity index (χ3n) is 2.26. The van der Waals surface area contributed by atoms with Crippen LogP contribution in [-0.4, -0.2) is 33.2 Å². The van der Waals surface area contributed by atoms with E-state index in [0.29, 0.717) is 23.6 Å². The molecule has 0 fully saturated rings. The maximum atomic E-state index is 11.8. The van der Waals surface area contributed by atoms with Crippen LogP contribution < -0.4 is 11.1 Å². The Labute approximate surface area is 103 Å². The Balaban J connectivity index is 2.51. The Hall–Kier alpha value is -1.43. The molecule has 0 aromatic carbocycles. The van der Waals surface area contributed by atoms with E-state index in [9.17, 15) is 9.00 Å². The molecule has 1 heterocycles. The van der Waals surface area contributed by atoms with Gasteiger partial charge in [0.1, 0.15) is 5.82 Å². The van der Waals surface area contributed by atoms with Gasteiger partial charge in [-0.25, -0.2) is 4.98 Å². The van der Waals surface area contributed by atoms with Gasteiger partial charge in [-0.15, -0.1) is 0 Å². The number of nitrogens with two attached hydrogens (primary N) is 1. The summed E-state index contributed by atoms with van der Waals surface area (Å²) in [6.07, 6.45) is 3.84. The molecule has 1 amide bonds. The minimum absolute atomic E-state index is 0.0132. The summed E-state index contributed by atoms with van der Waals surface area (Å²) in [6.45, 7) is 1.88. The Morgan fingerprint density at radius 1 is 1.65 bits per heavy atom. The molecule has 2 unspecified atom stereocenters. The van der Waals surface area contributed by atoms with Crippen LogP contribution in [0.5, 0.6) is 0 Å². The fraction of sp³-hybridized carbons (Fsp3) is 0.455. The first-order chi connectivity index (χ1) is 7.99. The van der Waals surface area contributed by atoms with Crippen LogP contribution in [0.25, 0.3) is 0 Å². The topological polar surface area (TPSA) is 85.1 Å². The molecule has 2 atom stereocenters. The second-order valence-corrected chi connectivity index (χ2v) is 5.46. The molecule has 0 spiro atoms. The zero-order valence-corrected chi connectivity index (χ0v) is 10.8. The van der Waals surface area contributed by atoms with Gasteiger partial charge in [-0.05, 0) is 25.5 Å². The maximum absolute atomic E-state index is 11.8. The molecule has 0 bridgehead atoms. The Bertz CT molecular complexity index is 423. The highest BCUT2D eigenvalue weighted by Crippen LogP contribution is 2.04. The lowest BCUT2D eigenvalue weighted by atomic mass is 10.2. The summed E-state index contributed by atoms with van der Waals surface area (Å²) in [5.41, 5.74) is 5.98. The molecule has 0 aliphatic carbocycles. The van der Waals surface area contributed by atoms with E-state index in [-0.39, 0.29) is 11.9 Å². The number of nitrogens with zero attached hydrogens (tertiary/aromatic N) is 1. The van der Waals surface area contributed by atoms with E-state index >= 15 is 0 Å². The van der Waals surface area contributed by atoms with E-state index in [1.807, 2.05) is 6.92 Å². The van der Waals surface area contributed by atoms with Gasteiger partial charge in [0, 0.05) is 40.6 Å². The molecule has 0 saturated carbocycles. The number of amides is 1. The number of anilines is 1. The van der Waals surface area contributed by atoms with Gasteiger partial charge < -0.3 is 11.1 Å². The predicted molar refractivity (Wildman–Crippen MR) is 69.1 cm³/mol. The molecular formula is C11H17N3O2S. The SMILES string of the molecule is CC(CCS(C)=O)NC(=O)c1ccnc(N)c1. The van der Waals surface area contributed by atoms with E-state index in [1.54, 1.807) is 12.3 Å². The molecule has 1 aromatic rings. The van der Waals surface area contributed by atoms with Crippen LogP contribution in [0.2, 0.25) is 0 Å². The standard InChI is InChI=1S/C11H17N3O2S/c1-8(4-6-17(2)16)14-11(15)9-3-5-13-10(12)7-9/h3,5,7-8H,4,6H2,1-2H3,(H2,12,13)(H,14,15). The van der Waals surface area contributed by atoms with Crippen LogP contribution in [0.1, 0.15) is 23.7 Å². The van der Waals surface area contributed by atoms with Gasteiger partial charge in [0.25, 0.3) is 5.91 Å². The molecule has 0 aliphatic rings. The minimum atomic E-state index is -0.830. The predicted octanol–water partition coefficient (Wildman–Crippen LogP) is 0.551. The summed E-state index contributed by atoms with van der Waals surface area (Å²) in [5.74, 6) is 0.716. The number of nitrogen functional groups attached to an aromatic ring is 1. The molecule has 1 aromatic heterocycles. The first kappa shape index (κ1) is 13.6. The first-order valence-corrected chi connectivity index (χ1v) is 7.04. The molecule has 0 saturated heterocycles. The highest BCUT2D eigenvalue weighted by molar-refractivity contribution is 7.84. The van der Waals surface area contributed by atoms with Gasteiger partial charge >= 0.3 is 0 Å². The van der Waals surface area contributed by atoms with Crippen LogP contribution in [0.4, 0.5) is 5.82 Å². The van der Waals surface area contributed by atoms with Gasteiger partial charge in [0.15, 0.2) is 0 Å². The number of nitrogens with one attached hydrogen (secondary N) is 1. The third kappa shape index (κ3) is 4.95. The number of hydrogen-bond donors (Lipinski definition) is 2. The van der Waals surface area contributed by atoms with Crippen molar-refractivity contribution in [3.63, 3.8) is 0 Å². The number of rotatable bonds is 5. The molecule has 17 heavy (non-hydrogen) atoms. The molecule has 5 nitrogen and oxygen atoms in total. The average Bonchev–Trinajstić information content (AvgIpc) is 2.26. The van der Waals surface area contributed by atoms with Gasteiger partial charge in [-0.2, -0.15) is 0 Å². The first-order valence-electron chi connectivity index (χ1n) is 5.31. The van der Waals surface area contributed by atoms with Gasteiger partial charge in [-0.1, -0.05) is 0 Å². The van der Waals surface area contributed by atoms with Crippen molar-refractivity contribution in [1.29, 1.82) is 0 Å². The van der Waals surface area contributed by atoms with Crippen LogP contribution in [-0.2, 0) is 10.8 Å². The lowest BCUT2D eigenvalue weighted by Crippen LogP contribution is -2.33. The summed E-state index contributed by atoms with van der Waals surface area (Å²) >= 11 is 0. The molecule has 3 N–H and O–H groups in total. The van der Waals surface area contributed by atoms with Gasteiger partial charge in [0.05, 0.1) is 0 Å². The number of pyridine rings is 1. The molecule has 6 heteroatoms. The number of aromatic nitrogens is 1. The molecule has 0 radical (unpaired) electrons. The normalized spacial score (nSPS) is 14.0. The summed E-state index contributed by atoms with van der Waals surface area (Å²) in [5, 5.41) is 2.82. The highest BCUT2D eigenvalue weighted by Gasteiger charge is 2.10. The minimum Gasteiger partial charge on any atom is -0.384 e. The van der Waals surface area contributed by atoms with Crippen molar-refractivity contribution in [1.82, 2.24) is 10.3 Å². The van der Waals surface area contributed by atoms with E-state index in [2.05, 4.69) is 10.3 Å². The van der Waals surface area contributed by atoms with Crippen LogP contribution >= 0.6 is 0 Å². The van der Waals surface area contributed by atoms with E-state index in [4.69, 9.17) is 5.73 Å². The zero-order chi connectivity index (χ0) is 12.8. The van der Waals surface area contributed by atoms with Crippen LogP contribution in [0.3, 0.4) is 0 Å². The average molecular weight is 255 g/mol. The fourth-order valence-electron chi connectivity index (χ4n) is 1.31. The third-order valence-corrected chi connectivity index (χ3v) is 3.07. The van der Waals surface area contributed by atoms with Crippen molar-refractivity contribution < 1.29 is 9.00 Å². The molecule has 1 rings (SSSR count). The highest BCUT2D eigenvalue weighted by atomic mass is 32.2. The van der Waals surface area contributed by atoms with Crippen molar-refractivity contribution in [3.8, 4) is 0 Å². The Morgan fingerprint density at radius 3 is 2.94 bits per heavy atom. The molecule has 94 valence electrons. The summed E-state index contributed by atoms with van der Waals surface area (Å²) < 4.78 is 10.9. The zero-order valence-electron chi connectivity index (χ0n) is 9.97. The van der Waals surface area contributed by atoms with Crippen LogP contribution in [0.15, 0.2) is 18.3 Å². The van der Waals surface area contributed by atoms with E-state index < -0.39 is 10.8 Å². The number of carbonyl (C=O) groups excluding carboxylic acids is 1. The molecular weight excluding hydrogens is 238 g/mol. The van der Waals surface area contributed by atoms with E-state index in [0.717, 1.165) is 0 Å². The van der Waals surface area contributed by atoms with E-state index in [1.165, 1.54) is 12.3 Å². The molecule has 0 aliphatic heterocycles. The number of hydrogen-bond acceptors (Lipinski definition) is 4. The maximum Gasteiger partial charge on any atom is 0.251 e. The van der Waals surface area contributed by atoms with Crippen LogP contribution in [0, 0.1) is 0 Å². The lowest BCUT2D eigenvalue weighted by Gasteiger charge is -2.13. The van der Waals surface area contributed by atoms with Gasteiger partial charge in [-0.3, -0.25) is 9.00 Å². The van der Waals surface area contributed by atoms with Crippen molar-refractivity contribution in [2.75, 3.05) is 17.7 Å². The fourth-order valence-corrected chi connectivity index (χ4v) is 2.00. The monoisotopic (exact) mass is 255 g/mol. The van der Waals surface area contributed by atoms with Gasteiger partial charge in [0.2, 0.25) is 0 Å².